The molecule has 3 aromatic rings. The van der Waals surface area contributed by atoms with Gasteiger partial charge in [0, 0.05) is 29.2 Å². The summed E-state index contributed by atoms with van der Waals surface area (Å²) >= 11 is 6.17. The van der Waals surface area contributed by atoms with Gasteiger partial charge in [0.15, 0.2) is 11.5 Å². The Hall–Kier alpha value is -3.05. The quantitative estimate of drug-likeness (QED) is 0.555. The lowest BCUT2D eigenvalue weighted by Crippen LogP contribution is -2.46. The van der Waals surface area contributed by atoms with E-state index in [1.54, 1.807) is 31.6 Å². The average Bonchev–Trinajstić information content (AvgIpc) is 2.72. The lowest BCUT2D eigenvalue weighted by Gasteiger charge is -2.40. The summed E-state index contributed by atoms with van der Waals surface area (Å²) in [4.78, 5) is 17.3. The topological polar surface area (TPSA) is 60.5 Å². The minimum Gasteiger partial charge on any atom is -0.493 e. The van der Waals surface area contributed by atoms with Gasteiger partial charge in [-0.1, -0.05) is 30.2 Å². The number of nitrogens with one attached hydrogen (secondary N) is 1. The summed E-state index contributed by atoms with van der Waals surface area (Å²) in [7, 11) is 1.59. The zero-order chi connectivity index (χ0) is 21.0. The third-order valence-corrected chi connectivity index (χ3v) is 5.82. The van der Waals surface area contributed by atoms with Crippen LogP contribution in [-0.4, -0.2) is 18.0 Å². The highest BCUT2D eigenvalue weighted by atomic mass is 35.5. The predicted molar refractivity (Wildman–Crippen MR) is 117 cm³/mol. The van der Waals surface area contributed by atoms with Crippen molar-refractivity contribution in [2.45, 2.75) is 31.3 Å². The number of aromatic nitrogens is 1. The van der Waals surface area contributed by atoms with Gasteiger partial charge in [0.1, 0.15) is 6.61 Å². The van der Waals surface area contributed by atoms with Crippen molar-refractivity contribution in [3.63, 3.8) is 0 Å². The van der Waals surface area contributed by atoms with E-state index in [1.165, 1.54) is 0 Å². The zero-order valence-electron chi connectivity index (χ0n) is 16.7. The highest BCUT2D eigenvalue weighted by Gasteiger charge is 2.45. The molecular weight excluding hydrogens is 400 g/mol. The number of carbonyl (C=O) groups is 1. The highest BCUT2D eigenvalue weighted by Crippen LogP contribution is 2.45. The molecule has 1 saturated carbocycles. The molecule has 6 heteroatoms. The molecule has 1 aromatic heterocycles. The van der Waals surface area contributed by atoms with Gasteiger partial charge < -0.3 is 14.8 Å². The van der Waals surface area contributed by atoms with Crippen molar-refractivity contribution in [2.24, 2.45) is 0 Å². The second-order valence-electron chi connectivity index (χ2n) is 7.41. The zero-order valence-corrected chi connectivity index (χ0v) is 17.5. The van der Waals surface area contributed by atoms with Crippen molar-refractivity contribution in [1.29, 1.82) is 0 Å². The van der Waals surface area contributed by atoms with Crippen LogP contribution in [0.3, 0.4) is 0 Å². The second-order valence-corrected chi connectivity index (χ2v) is 7.85. The van der Waals surface area contributed by atoms with Crippen LogP contribution in [0, 0.1) is 0 Å². The summed E-state index contributed by atoms with van der Waals surface area (Å²) in [6.07, 6.45) is 6.07. The Balaban J connectivity index is 1.53. The molecule has 5 nitrogen and oxygen atoms in total. The van der Waals surface area contributed by atoms with Crippen LogP contribution in [0.25, 0.3) is 0 Å². The molecule has 154 valence electrons. The number of anilines is 1. The number of nitrogens with zero attached hydrogens (tertiary/aromatic N) is 1. The second kappa shape index (κ2) is 8.76. The van der Waals surface area contributed by atoms with Gasteiger partial charge in [-0.05, 0) is 60.4 Å². The molecular formula is C24H23ClN2O3. The summed E-state index contributed by atoms with van der Waals surface area (Å²) in [5.74, 6) is 1.15. The Kier molecular flexibility index (Phi) is 5.91. The summed E-state index contributed by atoms with van der Waals surface area (Å²) in [5.41, 5.74) is 2.08. The van der Waals surface area contributed by atoms with Crippen LogP contribution in [0.2, 0.25) is 5.02 Å². The Labute approximate surface area is 181 Å². The van der Waals surface area contributed by atoms with Crippen LogP contribution in [0.4, 0.5) is 5.69 Å². The molecule has 0 aliphatic heterocycles. The van der Waals surface area contributed by atoms with Crippen molar-refractivity contribution in [3.05, 3.63) is 83.1 Å². The number of pyridine rings is 1. The van der Waals surface area contributed by atoms with E-state index in [-0.39, 0.29) is 5.91 Å². The highest BCUT2D eigenvalue weighted by molar-refractivity contribution is 6.30. The Morgan fingerprint density at radius 3 is 2.57 bits per heavy atom. The first-order valence-electron chi connectivity index (χ1n) is 9.88. The molecule has 0 atom stereocenters. The first kappa shape index (κ1) is 20.2. The number of hydrogen-bond donors (Lipinski definition) is 1. The molecule has 4 rings (SSSR count). The van der Waals surface area contributed by atoms with Crippen LogP contribution in [0.5, 0.6) is 11.5 Å². The maximum Gasteiger partial charge on any atom is 0.235 e. The van der Waals surface area contributed by atoms with E-state index >= 15 is 0 Å². The lowest BCUT2D eigenvalue weighted by atomic mass is 9.64. The fourth-order valence-electron chi connectivity index (χ4n) is 3.72. The first-order valence-corrected chi connectivity index (χ1v) is 10.3. The van der Waals surface area contributed by atoms with Gasteiger partial charge in [0.2, 0.25) is 5.91 Å². The molecule has 1 heterocycles. The molecule has 1 N–H and O–H groups in total. The molecule has 30 heavy (non-hydrogen) atoms. The van der Waals surface area contributed by atoms with E-state index in [0.717, 1.165) is 30.4 Å². The smallest absolute Gasteiger partial charge is 0.235 e. The van der Waals surface area contributed by atoms with Crippen LogP contribution in [-0.2, 0) is 16.8 Å². The Morgan fingerprint density at radius 2 is 1.90 bits per heavy atom. The minimum atomic E-state index is -0.539. The van der Waals surface area contributed by atoms with Crippen LogP contribution >= 0.6 is 11.6 Å². The SMILES string of the molecule is COc1ccc(NC(=O)C2(c3cccc(Cl)c3)CCC2)cc1OCc1ccncc1. The maximum atomic E-state index is 13.2. The number of hydrogen-bond acceptors (Lipinski definition) is 4. The van der Waals surface area contributed by atoms with Crippen LogP contribution in [0.15, 0.2) is 67.0 Å². The molecule has 0 spiro atoms. The fourth-order valence-corrected chi connectivity index (χ4v) is 3.91. The van der Waals surface area contributed by atoms with Gasteiger partial charge in [-0.3, -0.25) is 9.78 Å². The van der Waals surface area contributed by atoms with Gasteiger partial charge in [0.25, 0.3) is 0 Å². The van der Waals surface area contributed by atoms with Gasteiger partial charge in [-0.15, -0.1) is 0 Å². The minimum absolute atomic E-state index is 0.0266. The van der Waals surface area contributed by atoms with Crippen LogP contribution < -0.4 is 14.8 Å². The Bertz CT molecular complexity index is 1040. The summed E-state index contributed by atoms with van der Waals surface area (Å²) in [6.45, 7) is 0.378. The van der Waals surface area contributed by atoms with Crippen molar-refractivity contribution in [1.82, 2.24) is 4.98 Å². The van der Waals surface area contributed by atoms with Crippen LogP contribution in [0.1, 0.15) is 30.4 Å². The molecule has 1 amide bonds. The molecule has 1 aliphatic carbocycles. The summed E-state index contributed by atoms with van der Waals surface area (Å²) in [6, 6.07) is 16.8. The van der Waals surface area contributed by atoms with Crippen molar-refractivity contribution in [2.75, 3.05) is 12.4 Å². The number of amides is 1. The summed E-state index contributed by atoms with van der Waals surface area (Å²) in [5, 5.41) is 3.71. The molecule has 0 saturated heterocycles. The maximum absolute atomic E-state index is 13.2. The van der Waals surface area contributed by atoms with E-state index in [9.17, 15) is 4.79 Å². The van der Waals surface area contributed by atoms with Gasteiger partial charge in [-0.25, -0.2) is 0 Å². The van der Waals surface area contributed by atoms with E-state index in [0.29, 0.717) is 28.8 Å². The predicted octanol–water partition coefficient (Wildman–Crippen LogP) is 5.38. The monoisotopic (exact) mass is 422 g/mol. The van der Waals surface area contributed by atoms with Gasteiger partial charge >= 0.3 is 0 Å². The molecule has 1 fully saturated rings. The molecule has 0 bridgehead atoms. The van der Waals surface area contributed by atoms with E-state index in [4.69, 9.17) is 21.1 Å². The summed E-state index contributed by atoms with van der Waals surface area (Å²) < 4.78 is 11.4. The molecule has 1 aliphatic rings. The van der Waals surface area contributed by atoms with Gasteiger partial charge in [-0.2, -0.15) is 0 Å². The van der Waals surface area contributed by atoms with Gasteiger partial charge in [0.05, 0.1) is 12.5 Å². The normalized spacial score (nSPS) is 14.5. The fraction of sp³-hybridized carbons (Fsp3) is 0.250. The third kappa shape index (κ3) is 4.12. The number of methoxy groups -OCH3 is 1. The largest absolute Gasteiger partial charge is 0.493 e. The number of rotatable bonds is 7. The van der Waals surface area contributed by atoms with E-state index in [2.05, 4.69) is 10.3 Å². The van der Waals surface area contributed by atoms with Crippen molar-refractivity contribution < 1.29 is 14.3 Å². The Morgan fingerprint density at radius 1 is 1.10 bits per heavy atom. The molecule has 0 radical (unpaired) electrons. The number of benzene rings is 2. The standard InChI is InChI=1S/C24H23ClN2O3/c1-29-21-7-6-20(15-22(21)30-16-17-8-12-26-13-9-17)27-23(28)24(10-3-11-24)18-4-2-5-19(25)14-18/h2,4-9,12-15H,3,10-11,16H2,1H3,(H,27,28). The number of halogens is 1. The third-order valence-electron chi connectivity index (χ3n) is 5.58. The van der Waals surface area contributed by atoms with Crippen molar-refractivity contribution >= 4 is 23.2 Å². The number of ether oxygens (including phenoxy) is 2. The lowest BCUT2D eigenvalue weighted by molar-refractivity contribution is -0.124. The van der Waals surface area contributed by atoms with Crippen molar-refractivity contribution in [3.8, 4) is 11.5 Å². The average molecular weight is 423 g/mol. The molecule has 2 aromatic carbocycles. The first-order chi connectivity index (χ1) is 14.6. The molecule has 0 unspecified atom stereocenters. The number of carbonyl (C=O) groups excluding carboxylic acids is 1. The van der Waals surface area contributed by atoms with E-state index < -0.39 is 5.41 Å². The van der Waals surface area contributed by atoms with E-state index in [1.807, 2.05) is 42.5 Å².